The van der Waals surface area contributed by atoms with E-state index in [1.54, 1.807) is 0 Å². The Morgan fingerprint density at radius 1 is 0.893 bits per heavy atom. The van der Waals surface area contributed by atoms with Gasteiger partial charge >= 0.3 is 0 Å². The molecule has 0 aliphatic carbocycles. The second kappa shape index (κ2) is 8.47. The molecule has 1 fully saturated rings. The van der Waals surface area contributed by atoms with Crippen LogP contribution in [0.2, 0.25) is 0 Å². The molecule has 1 aliphatic heterocycles. The number of nitrogens with one attached hydrogen (secondary N) is 2. The SMILES string of the molecule is CC(C)(C)C(=O)NC(=S)Nc1ccc(N2CCN(C(=O)C(C)(C)C)CC2)cc1. The lowest BCUT2D eigenvalue weighted by Crippen LogP contribution is -2.51. The number of nitrogens with zero attached hydrogens (tertiary/aromatic N) is 2. The molecule has 1 aromatic carbocycles. The largest absolute Gasteiger partial charge is 0.368 e. The van der Waals surface area contributed by atoms with Gasteiger partial charge in [-0.25, -0.2) is 0 Å². The minimum atomic E-state index is -0.494. The van der Waals surface area contributed by atoms with Crippen molar-refractivity contribution in [2.75, 3.05) is 36.4 Å². The summed E-state index contributed by atoms with van der Waals surface area (Å²) in [5, 5.41) is 6.04. The Morgan fingerprint density at radius 2 is 1.43 bits per heavy atom. The van der Waals surface area contributed by atoms with Gasteiger partial charge in [0, 0.05) is 48.4 Å². The van der Waals surface area contributed by atoms with E-state index >= 15 is 0 Å². The molecule has 0 spiro atoms. The fraction of sp³-hybridized carbons (Fsp3) is 0.571. The maximum Gasteiger partial charge on any atom is 0.231 e. The van der Waals surface area contributed by atoms with E-state index < -0.39 is 5.41 Å². The van der Waals surface area contributed by atoms with Crippen LogP contribution < -0.4 is 15.5 Å². The van der Waals surface area contributed by atoms with Gasteiger partial charge in [-0.05, 0) is 36.5 Å². The predicted octanol–water partition coefficient (Wildman–Crippen LogP) is 3.24. The molecule has 2 amide bonds. The van der Waals surface area contributed by atoms with Gasteiger partial charge in [-0.1, -0.05) is 41.5 Å². The van der Waals surface area contributed by atoms with E-state index in [2.05, 4.69) is 15.5 Å². The molecule has 1 heterocycles. The summed E-state index contributed by atoms with van der Waals surface area (Å²) < 4.78 is 0. The highest BCUT2D eigenvalue weighted by Gasteiger charge is 2.29. The summed E-state index contributed by atoms with van der Waals surface area (Å²) in [5.74, 6) is 0.0850. The van der Waals surface area contributed by atoms with Gasteiger partial charge in [0.2, 0.25) is 11.8 Å². The van der Waals surface area contributed by atoms with Crippen molar-refractivity contribution in [3.63, 3.8) is 0 Å². The molecular weight excluding hydrogens is 372 g/mol. The van der Waals surface area contributed by atoms with Gasteiger partial charge in [-0.2, -0.15) is 0 Å². The van der Waals surface area contributed by atoms with Crippen LogP contribution in [0.4, 0.5) is 11.4 Å². The zero-order valence-electron chi connectivity index (χ0n) is 17.8. The maximum absolute atomic E-state index is 12.4. The van der Waals surface area contributed by atoms with Crippen molar-refractivity contribution < 1.29 is 9.59 Å². The molecule has 6 nitrogen and oxygen atoms in total. The summed E-state index contributed by atoms with van der Waals surface area (Å²) in [6, 6.07) is 7.94. The number of thiocarbonyl (C=S) groups is 1. The van der Waals surface area contributed by atoms with Crippen LogP contribution in [0.1, 0.15) is 41.5 Å². The molecule has 1 aliphatic rings. The Bertz CT molecular complexity index is 724. The monoisotopic (exact) mass is 404 g/mol. The van der Waals surface area contributed by atoms with E-state index in [4.69, 9.17) is 12.2 Å². The quantitative estimate of drug-likeness (QED) is 0.741. The first-order valence-electron chi connectivity index (χ1n) is 9.65. The number of rotatable bonds is 2. The molecule has 0 bridgehead atoms. The van der Waals surface area contributed by atoms with Crippen molar-refractivity contribution in [3.8, 4) is 0 Å². The van der Waals surface area contributed by atoms with Gasteiger partial charge in [0.15, 0.2) is 5.11 Å². The van der Waals surface area contributed by atoms with E-state index in [1.807, 2.05) is 70.7 Å². The van der Waals surface area contributed by atoms with Gasteiger partial charge in [-0.15, -0.1) is 0 Å². The van der Waals surface area contributed by atoms with Crippen molar-refractivity contribution >= 4 is 40.5 Å². The molecule has 0 saturated carbocycles. The smallest absolute Gasteiger partial charge is 0.231 e. The Morgan fingerprint density at radius 3 is 1.89 bits per heavy atom. The highest BCUT2D eigenvalue weighted by atomic mass is 32.1. The summed E-state index contributed by atoms with van der Waals surface area (Å²) in [7, 11) is 0. The predicted molar refractivity (Wildman–Crippen MR) is 119 cm³/mol. The molecule has 154 valence electrons. The van der Waals surface area contributed by atoms with Gasteiger partial charge in [0.1, 0.15) is 0 Å². The number of carbonyl (C=O) groups excluding carboxylic acids is 2. The fourth-order valence-corrected chi connectivity index (χ4v) is 3.06. The molecule has 7 heteroatoms. The van der Waals surface area contributed by atoms with Crippen molar-refractivity contribution in [2.24, 2.45) is 10.8 Å². The highest BCUT2D eigenvalue weighted by Crippen LogP contribution is 2.22. The van der Waals surface area contributed by atoms with Crippen molar-refractivity contribution in [1.82, 2.24) is 10.2 Å². The number of hydrogen-bond acceptors (Lipinski definition) is 4. The van der Waals surface area contributed by atoms with Crippen LogP contribution in [0.15, 0.2) is 24.3 Å². The third kappa shape index (κ3) is 5.92. The van der Waals surface area contributed by atoms with E-state index in [-0.39, 0.29) is 17.2 Å². The minimum absolute atomic E-state index is 0.121. The van der Waals surface area contributed by atoms with E-state index in [0.29, 0.717) is 5.11 Å². The minimum Gasteiger partial charge on any atom is -0.368 e. The van der Waals surface area contributed by atoms with Gasteiger partial charge in [0.25, 0.3) is 0 Å². The topological polar surface area (TPSA) is 64.7 Å². The first kappa shape index (κ1) is 22.1. The first-order chi connectivity index (χ1) is 12.9. The lowest BCUT2D eigenvalue weighted by atomic mass is 9.94. The highest BCUT2D eigenvalue weighted by molar-refractivity contribution is 7.80. The molecule has 0 atom stereocenters. The van der Waals surface area contributed by atoms with Crippen LogP contribution >= 0.6 is 12.2 Å². The third-order valence-electron chi connectivity index (χ3n) is 4.61. The van der Waals surface area contributed by atoms with Crippen molar-refractivity contribution in [2.45, 2.75) is 41.5 Å². The maximum atomic E-state index is 12.4. The zero-order valence-corrected chi connectivity index (χ0v) is 18.6. The first-order valence-corrected chi connectivity index (χ1v) is 10.1. The number of piperazine rings is 1. The lowest BCUT2D eigenvalue weighted by Gasteiger charge is -2.38. The Kier molecular flexibility index (Phi) is 6.70. The van der Waals surface area contributed by atoms with Crippen LogP contribution in [0.5, 0.6) is 0 Å². The molecule has 0 radical (unpaired) electrons. The number of benzene rings is 1. The van der Waals surface area contributed by atoms with Crippen LogP contribution in [-0.4, -0.2) is 48.0 Å². The Labute approximate surface area is 173 Å². The Hall–Kier alpha value is -2.15. The van der Waals surface area contributed by atoms with Crippen LogP contribution in [0, 0.1) is 10.8 Å². The van der Waals surface area contributed by atoms with E-state index in [0.717, 1.165) is 37.6 Å². The molecule has 0 unspecified atom stereocenters. The van der Waals surface area contributed by atoms with E-state index in [1.165, 1.54) is 0 Å². The molecule has 0 aromatic heterocycles. The summed E-state index contributed by atoms with van der Waals surface area (Å²) in [6.45, 7) is 14.5. The lowest BCUT2D eigenvalue weighted by molar-refractivity contribution is -0.139. The second-order valence-electron chi connectivity index (χ2n) is 9.23. The zero-order chi connectivity index (χ0) is 21.1. The summed E-state index contributed by atoms with van der Waals surface area (Å²) in [5.41, 5.74) is 1.10. The van der Waals surface area contributed by atoms with Crippen molar-refractivity contribution in [1.29, 1.82) is 0 Å². The van der Waals surface area contributed by atoms with Crippen LogP contribution in [-0.2, 0) is 9.59 Å². The Balaban J connectivity index is 1.89. The molecule has 2 rings (SSSR count). The van der Waals surface area contributed by atoms with Gasteiger partial charge in [0.05, 0.1) is 0 Å². The van der Waals surface area contributed by atoms with Crippen molar-refractivity contribution in [3.05, 3.63) is 24.3 Å². The molecule has 1 aromatic rings. The standard InChI is InChI=1S/C21H32N4O2S/c1-20(2,3)17(26)23-19(28)22-15-7-9-16(10-8-15)24-11-13-25(14-12-24)18(27)21(4,5)6/h7-10H,11-14H2,1-6H3,(H2,22,23,26,28). The van der Waals surface area contributed by atoms with Gasteiger partial charge in [-0.3, -0.25) is 9.59 Å². The molecule has 28 heavy (non-hydrogen) atoms. The summed E-state index contributed by atoms with van der Waals surface area (Å²) >= 11 is 5.22. The van der Waals surface area contributed by atoms with Gasteiger partial charge < -0.3 is 20.4 Å². The molecular formula is C21H32N4O2S. The average Bonchev–Trinajstić information content (AvgIpc) is 2.60. The van der Waals surface area contributed by atoms with Crippen LogP contribution in [0.25, 0.3) is 0 Å². The number of anilines is 2. The summed E-state index contributed by atoms with van der Waals surface area (Å²) in [6.07, 6.45) is 0. The normalized spacial score (nSPS) is 15.2. The van der Waals surface area contributed by atoms with Crippen LogP contribution in [0.3, 0.4) is 0 Å². The molecule has 1 saturated heterocycles. The number of hydrogen-bond donors (Lipinski definition) is 2. The average molecular weight is 405 g/mol. The second-order valence-corrected chi connectivity index (χ2v) is 9.64. The number of amides is 2. The number of carbonyl (C=O) groups is 2. The fourth-order valence-electron chi connectivity index (χ4n) is 2.85. The third-order valence-corrected chi connectivity index (χ3v) is 4.81. The molecule has 2 N–H and O–H groups in total. The summed E-state index contributed by atoms with van der Waals surface area (Å²) in [4.78, 5) is 28.6. The van der Waals surface area contributed by atoms with E-state index in [9.17, 15) is 9.59 Å².